The van der Waals surface area contributed by atoms with E-state index in [0.29, 0.717) is 10.9 Å². The molecule has 0 unspecified atom stereocenters. The minimum atomic E-state index is -0.173. The molecule has 0 bridgehead atoms. The lowest BCUT2D eigenvalue weighted by atomic mass is 9.97. The van der Waals surface area contributed by atoms with Gasteiger partial charge < -0.3 is 0 Å². The summed E-state index contributed by atoms with van der Waals surface area (Å²) in [7, 11) is 0. The average Bonchev–Trinajstić information content (AvgIpc) is 2.83. The van der Waals surface area contributed by atoms with Crippen molar-refractivity contribution in [3.63, 3.8) is 0 Å². The van der Waals surface area contributed by atoms with Gasteiger partial charge in [0.1, 0.15) is 5.82 Å². The Labute approximate surface area is 191 Å². The van der Waals surface area contributed by atoms with Gasteiger partial charge >= 0.3 is 0 Å². The molecular weight excluding hydrogens is 391 g/mol. The fraction of sp³-hybridized carbons (Fsp3) is 0.226. The van der Waals surface area contributed by atoms with Crippen molar-refractivity contribution in [3.05, 3.63) is 107 Å². The molecule has 0 aromatic heterocycles. The van der Waals surface area contributed by atoms with Crippen LogP contribution < -0.4 is 0 Å². The predicted octanol–water partition coefficient (Wildman–Crippen LogP) is 8.34. The molecule has 0 N–H and O–H groups in total. The van der Waals surface area contributed by atoms with E-state index in [9.17, 15) is 0 Å². The molecule has 0 aliphatic heterocycles. The van der Waals surface area contributed by atoms with Crippen molar-refractivity contribution in [1.29, 1.82) is 0 Å². The second kappa shape index (κ2) is 10.3. The van der Waals surface area contributed by atoms with Gasteiger partial charge in [-0.3, -0.25) is 0 Å². The highest BCUT2D eigenvalue weighted by Gasteiger charge is 2.10. The maximum Gasteiger partial charge on any atom is 0.138 e. The highest BCUT2D eigenvalue weighted by Crippen LogP contribution is 2.30. The molecule has 0 amide bonds. The third-order valence-electron chi connectivity index (χ3n) is 5.88. The summed E-state index contributed by atoms with van der Waals surface area (Å²) in [5.41, 5.74) is 6.09. The van der Waals surface area contributed by atoms with E-state index in [1.54, 1.807) is 0 Å². The molecule has 0 aliphatic rings. The molecule has 0 aliphatic carbocycles. The lowest BCUT2D eigenvalue weighted by Crippen LogP contribution is -1.89. The van der Waals surface area contributed by atoms with Gasteiger partial charge in [-0.2, -0.15) is 0 Å². The quantitative estimate of drug-likeness (QED) is 0.275. The summed E-state index contributed by atoms with van der Waals surface area (Å²) in [5, 5.41) is 1.50. The summed E-state index contributed by atoms with van der Waals surface area (Å²) < 4.78 is 15.3. The summed E-state index contributed by atoms with van der Waals surface area (Å²) in [6.45, 7) is 4.38. The van der Waals surface area contributed by atoms with Gasteiger partial charge in [0, 0.05) is 22.1 Å². The van der Waals surface area contributed by atoms with Crippen LogP contribution in [-0.4, -0.2) is 0 Å². The van der Waals surface area contributed by atoms with Crippen molar-refractivity contribution in [2.75, 3.05) is 0 Å². The third-order valence-corrected chi connectivity index (χ3v) is 5.88. The van der Waals surface area contributed by atoms with E-state index in [4.69, 9.17) is 0 Å². The molecule has 4 aromatic carbocycles. The van der Waals surface area contributed by atoms with E-state index in [2.05, 4.69) is 62.1 Å². The second-order valence-corrected chi connectivity index (χ2v) is 8.36. The summed E-state index contributed by atoms with van der Waals surface area (Å²) in [6, 6.07) is 26.3. The van der Waals surface area contributed by atoms with Crippen molar-refractivity contribution < 1.29 is 4.39 Å². The zero-order valence-corrected chi connectivity index (χ0v) is 18.9. The molecule has 0 nitrogen and oxygen atoms in total. The molecule has 0 fully saturated rings. The molecule has 32 heavy (non-hydrogen) atoms. The summed E-state index contributed by atoms with van der Waals surface area (Å²) >= 11 is 0. The van der Waals surface area contributed by atoms with Crippen LogP contribution in [0, 0.1) is 17.7 Å². The molecule has 160 valence electrons. The van der Waals surface area contributed by atoms with Crippen molar-refractivity contribution in [2.24, 2.45) is 0 Å². The fourth-order valence-electron chi connectivity index (χ4n) is 4.01. The molecule has 0 spiro atoms. The van der Waals surface area contributed by atoms with Gasteiger partial charge in [-0.15, -0.1) is 0 Å². The number of aryl methyl sites for hydroxylation is 2. The van der Waals surface area contributed by atoms with Gasteiger partial charge in [-0.05, 0) is 65.6 Å². The van der Waals surface area contributed by atoms with Crippen molar-refractivity contribution >= 4 is 10.8 Å². The summed E-state index contributed by atoms with van der Waals surface area (Å²) in [4.78, 5) is 0. The van der Waals surface area contributed by atoms with Crippen LogP contribution in [0.25, 0.3) is 21.9 Å². The second-order valence-electron chi connectivity index (χ2n) is 8.36. The Hall–Kier alpha value is -3.37. The molecule has 0 atom stereocenters. The zero-order chi connectivity index (χ0) is 22.3. The molecular formula is C31H29F. The molecule has 0 saturated heterocycles. The van der Waals surface area contributed by atoms with E-state index >= 15 is 4.39 Å². The lowest BCUT2D eigenvalue weighted by molar-refractivity contribution is 0.643. The fourth-order valence-corrected chi connectivity index (χ4v) is 4.01. The Kier molecular flexibility index (Phi) is 7.03. The lowest BCUT2D eigenvalue weighted by Gasteiger charge is -2.08. The number of unbranched alkanes of at least 4 members (excludes halogenated alkanes) is 1. The van der Waals surface area contributed by atoms with E-state index in [-0.39, 0.29) is 5.82 Å². The first-order chi connectivity index (χ1) is 15.7. The smallest absolute Gasteiger partial charge is 0.138 e. The van der Waals surface area contributed by atoms with Crippen LogP contribution in [0.3, 0.4) is 0 Å². The topological polar surface area (TPSA) is 0 Å². The van der Waals surface area contributed by atoms with Crippen LogP contribution in [0.2, 0.25) is 0 Å². The third kappa shape index (κ3) is 5.09. The van der Waals surface area contributed by atoms with Gasteiger partial charge in [0.15, 0.2) is 0 Å². The first-order valence-electron chi connectivity index (χ1n) is 11.6. The monoisotopic (exact) mass is 420 g/mol. The summed E-state index contributed by atoms with van der Waals surface area (Å²) in [6.07, 6.45) is 5.69. The van der Waals surface area contributed by atoms with E-state index in [0.717, 1.165) is 41.3 Å². The maximum atomic E-state index is 15.3. The van der Waals surface area contributed by atoms with Crippen molar-refractivity contribution in [2.45, 2.75) is 46.0 Å². The number of rotatable bonds is 6. The van der Waals surface area contributed by atoms with Gasteiger partial charge in [0.25, 0.3) is 0 Å². The molecule has 0 radical (unpaired) electrons. The van der Waals surface area contributed by atoms with E-state index < -0.39 is 0 Å². The van der Waals surface area contributed by atoms with Gasteiger partial charge in [-0.25, -0.2) is 4.39 Å². The Morgan fingerprint density at radius 2 is 1.31 bits per heavy atom. The minimum Gasteiger partial charge on any atom is -0.206 e. The minimum absolute atomic E-state index is 0.173. The number of hydrogen-bond acceptors (Lipinski definition) is 0. The molecule has 1 heteroatoms. The molecule has 0 saturated carbocycles. The molecule has 4 rings (SSSR count). The number of fused-ring (bicyclic) bond motifs is 1. The van der Waals surface area contributed by atoms with Crippen LogP contribution >= 0.6 is 0 Å². The Balaban J connectivity index is 1.56. The first-order valence-corrected chi connectivity index (χ1v) is 11.6. The maximum absolute atomic E-state index is 15.3. The Morgan fingerprint density at radius 1 is 0.656 bits per heavy atom. The van der Waals surface area contributed by atoms with Crippen LogP contribution in [-0.2, 0) is 12.8 Å². The molecule has 0 heterocycles. The normalized spacial score (nSPS) is 10.7. The summed E-state index contributed by atoms with van der Waals surface area (Å²) in [5.74, 6) is 6.29. The largest absolute Gasteiger partial charge is 0.206 e. The van der Waals surface area contributed by atoms with Crippen molar-refractivity contribution in [3.8, 4) is 23.0 Å². The standard InChI is InChI=1S/C31H29F/c1-3-5-7-24-8-10-25(11-9-24)12-13-26-16-20-30-28(22-26)19-21-29(31(30)32)27-17-14-23(6-4-2)15-18-27/h8-11,14-22H,3-7H2,1-2H3. The van der Waals surface area contributed by atoms with Gasteiger partial charge in [0.2, 0.25) is 0 Å². The average molecular weight is 421 g/mol. The number of halogens is 1. The van der Waals surface area contributed by atoms with Crippen LogP contribution in [0.5, 0.6) is 0 Å². The highest BCUT2D eigenvalue weighted by molar-refractivity contribution is 5.89. The molecule has 4 aromatic rings. The van der Waals surface area contributed by atoms with Gasteiger partial charge in [0.05, 0.1) is 0 Å². The number of hydrogen-bond donors (Lipinski definition) is 0. The highest BCUT2D eigenvalue weighted by atomic mass is 19.1. The Bertz CT molecular complexity index is 1250. The van der Waals surface area contributed by atoms with Crippen LogP contribution in [0.15, 0.2) is 78.9 Å². The predicted molar refractivity (Wildman–Crippen MR) is 134 cm³/mol. The SMILES string of the molecule is CCCCc1ccc(C#Cc2ccc3c(F)c(-c4ccc(CCC)cc4)ccc3c2)cc1. The van der Waals surface area contributed by atoms with Crippen molar-refractivity contribution in [1.82, 2.24) is 0 Å². The van der Waals surface area contributed by atoms with E-state index in [1.165, 1.54) is 24.0 Å². The first kappa shape index (κ1) is 21.8. The Morgan fingerprint density at radius 3 is 2.03 bits per heavy atom. The zero-order valence-electron chi connectivity index (χ0n) is 18.9. The van der Waals surface area contributed by atoms with Gasteiger partial charge in [-0.1, -0.05) is 93.1 Å². The van der Waals surface area contributed by atoms with E-state index in [1.807, 2.05) is 42.5 Å². The number of benzene rings is 4. The van der Waals surface area contributed by atoms with Crippen LogP contribution in [0.4, 0.5) is 4.39 Å². The van der Waals surface area contributed by atoms with Crippen LogP contribution in [0.1, 0.15) is 55.4 Å².